The Bertz CT molecular complexity index is 525. The number of hydrogen-bond donors (Lipinski definition) is 1. The van der Waals surface area contributed by atoms with Gasteiger partial charge in [0.2, 0.25) is 0 Å². The van der Waals surface area contributed by atoms with Crippen molar-refractivity contribution in [1.82, 2.24) is 5.32 Å². The second-order valence-electron chi connectivity index (χ2n) is 5.13. The Morgan fingerprint density at radius 3 is 2.47 bits per heavy atom. The van der Waals surface area contributed by atoms with Crippen molar-refractivity contribution < 1.29 is 13.2 Å². The minimum absolute atomic E-state index is 0.0345. The van der Waals surface area contributed by atoms with Crippen LogP contribution >= 0.6 is 0 Å². The highest BCUT2D eigenvalue weighted by Gasteiger charge is 2.16. The van der Waals surface area contributed by atoms with E-state index < -0.39 is 9.84 Å². The smallest absolute Gasteiger partial charge is 0.148 e. The van der Waals surface area contributed by atoms with Crippen LogP contribution in [0.2, 0.25) is 0 Å². The van der Waals surface area contributed by atoms with Crippen molar-refractivity contribution in [3.8, 4) is 5.75 Å². The summed E-state index contributed by atoms with van der Waals surface area (Å²) < 4.78 is 27.9. The van der Waals surface area contributed by atoms with Crippen LogP contribution in [0.15, 0.2) is 18.2 Å². The van der Waals surface area contributed by atoms with Crippen LogP contribution in [-0.2, 0) is 9.84 Å². The Morgan fingerprint density at radius 2 is 1.95 bits per heavy atom. The average molecular weight is 285 g/mol. The Kier molecular flexibility index (Phi) is 5.38. The molecule has 0 saturated carbocycles. The number of methoxy groups -OCH3 is 1. The first-order valence-electron chi connectivity index (χ1n) is 6.31. The summed E-state index contributed by atoms with van der Waals surface area (Å²) in [7, 11) is -1.32. The molecule has 0 aliphatic carbocycles. The molecule has 0 radical (unpaired) electrons. The molecule has 5 heteroatoms. The van der Waals surface area contributed by atoms with Crippen LogP contribution in [0, 0.1) is 6.92 Å². The number of aryl methyl sites for hydroxylation is 1. The number of sulfone groups is 1. The van der Waals surface area contributed by atoms with Crippen LogP contribution in [0.3, 0.4) is 0 Å². The third-order valence-corrected chi connectivity index (χ3v) is 4.05. The summed E-state index contributed by atoms with van der Waals surface area (Å²) in [6.07, 6.45) is 1.25. The van der Waals surface area contributed by atoms with E-state index in [1.165, 1.54) is 6.26 Å². The van der Waals surface area contributed by atoms with Crippen molar-refractivity contribution in [2.75, 3.05) is 19.1 Å². The molecule has 1 rings (SSSR count). The summed E-state index contributed by atoms with van der Waals surface area (Å²) in [5.41, 5.74) is 2.17. The fourth-order valence-electron chi connectivity index (χ4n) is 2.19. The first-order chi connectivity index (χ1) is 8.73. The summed E-state index contributed by atoms with van der Waals surface area (Å²) in [4.78, 5) is 0. The van der Waals surface area contributed by atoms with Gasteiger partial charge in [-0.15, -0.1) is 0 Å². The van der Waals surface area contributed by atoms with Gasteiger partial charge in [-0.25, -0.2) is 8.42 Å². The largest absolute Gasteiger partial charge is 0.496 e. The predicted octanol–water partition coefficient (Wildman–Crippen LogP) is 2.09. The summed E-state index contributed by atoms with van der Waals surface area (Å²) in [6.45, 7) is 5.89. The van der Waals surface area contributed by atoms with Gasteiger partial charge >= 0.3 is 0 Å². The van der Waals surface area contributed by atoms with E-state index in [9.17, 15) is 8.42 Å². The van der Waals surface area contributed by atoms with E-state index >= 15 is 0 Å². The molecule has 4 nitrogen and oxygen atoms in total. The molecule has 0 amide bonds. The molecular weight excluding hydrogens is 262 g/mol. The zero-order valence-electron chi connectivity index (χ0n) is 12.2. The molecule has 0 saturated heterocycles. The second-order valence-corrected chi connectivity index (χ2v) is 7.31. The molecular formula is C14H23NO3S. The van der Waals surface area contributed by atoms with Crippen molar-refractivity contribution in [3.63, 3.8) is 0 Å². The lowest BCUT2D eigenvalue weighted by molar-refractivity contribution is 0.397. The molecule has 0 spiro atoms. The van der Waals surface area contributed by atoms with Gasteiger partial charge in [-0.2, -0.15) is 0 Å². The van der Waals surface area contributed by atoms with Gasteiger partial charge in [-0.3, -0.25) is 0 Å². The first-order valence-corrected chi connectivity index (χ1v) is 8.37. The fourth-order valence-corrected chi connectivity index (χ4v) is 3.20. The summed E-state index contributed by atoms with van der Waals surface area (Å²) in [5.74, 6) is 0.956. The maximum absolute atomic E-state index is 11.3. The number of rotatable bonds is 6. The van der Waals surface area contributed by atoms with Crippen LogP contribution in [-0.4, -0.2) is 33.6 Å². The van der Waals surface area contributed by atoms with E-state index in [1.807, 2.05) is 39.0 Å². The number of hydrogen-bond acceptors (Lipinski definition) is 4. The minimum atomic E-state index is -2.97. The van der Waals surface area contributed by atoms with Crippen molar-refractivity contribution in [1.29, 1.82) is 0 Å². The average Bonchev–Trinajstić information content (AvgIpc) is 2.25. The Labute approximate surface area is 116 Å². The zero-order chi connectivity index (χ0) is 14.6. The number of ether oxygens (including phenoxy) is 1. The quantitative estimate of drug-likeness (QED) is 0.869. The van der Waals surface area contributed by atoms with Crippen LogP contribution in [0.4, 0.5) is 0 Å². The van der Waals surface area contributed by atoms with Gasteiger partial charge in [-0.1, -0.05) is 12.1 Å². The van der Waals surface area contributed by atoms with Gasteiger partial charge in [0.15, 0.2) is 0 Å². The molecule has 1 aromatic rings. The van der Waals surface area contributed by atoms with Crippen molar-refractivity contribution >= 4 is 9.84 Å². The molecule has 0 aliphatic rings. The lowest BCUT2D eigenvalue weighted by atomic mass is 10.0. The van der Waals surface area contributed by atoms with Gasteiger partial charge < -0.3 is 10.1 Å². The highest BCUT2D eigenvalue weighted by Crippen LogP contribution is 2.26. The monoisotopic (exact) mass is 285 g/mol. The van der Waals surface area contributed by atoms with E-state index in [1.54, 1.807) is 7.11 Å². The van der Waals surface area contributed by atoms with Gasteiger partial charge in [0.05, 0.1) is 12.9 Å². The molecule has 0 fully saturated rings. The van der Waals surface area contributed by atoms with Gasteiger partial charge in [0.1, 0.15) is 15.6 Å². The van der Waals surface area contributed by atoms with E-state index in [0.29, 0.717) is 0 Å². The standard InChI is InChI=1S/C14H23NO3S/c1-10-6-7-13(14(8-10)18-4)12(3)15-11(2)9-19(5,16)17/h6-8,11-12,15H,9H2,1-5H3. The van der Waals surface area contributed by atoms with Crippen molar-refractivity contribution in [2.45, 2.75) is 32.9 Å². The summed E-state index contributed by atoms with van der Waals surface area (Å²) in [5, 5.41) is 3.29. The Hall–Kier alpha value is -1.07. The van der Waals surface area contributed by atoms with Crippen molar-refractivity contribution in [2.24, 2.45) is 0 Å². The predicted molar refractivity (Wildman–Crippen MR) is 78.5 cm³/mol. The van der Waals surface area contributed by atoms with Crippen molar-refractivity contribution in [3.05, 3.63) is 29.3 Å². The molecule has 19 heavy (non-hydrogen) atoms. The van der Waals surface area contributed by atoms with Gasteiger partial charge in [0, 0.05) is 23.9 Å². The minimum Gasteiger partial charge on any atom is -0.496 e. The Balaban J connectivity index is 2.80. The van der Waals surface area contributed by atoms with E-state index in [2.05, 4.69) is 5.32 Å². The van der Waals surface area contributed by atoms with Crippen LogP contribution < -0.4 is 10.1 Å². The van der Waals surface area contributed by atoms with Crippen LogP contribution in [0.5, 0.6) is 5.75 Å². The maximum Gasteiger partial charge on any atom is 0.148 e. The first kappa shape index (κ1) is 16.0. The van der Waals surface area contributed by atoms with Gasteiger partial charge in [-0.05, 0) is 32.4 Å². The van der Waals surface area contributed by atoms with Crippen LogP contribution in [0.25, 0.3) is 0 Å². The maximum atomic E-state index is 11.3. The molecule has 1 N–H and O–H groups in total. The highest BCUT2D eigenvalue weighted by atomic mass is 32.2. The SMILES string of the molecule is COc1cc(C)ccc1C(C)NC(C)CS(C)(=O)=O. The third kappa shape index (κ3) is 5.20. The number of benzene rings is 1. The Morgan fingerprint density at radius 1 is 1.32 bits per heavy atom. The summed E-state index contributed by atoms with van der Waals surface area (Å²) in [6, 6.07) is 5.95. The normalized spacial score (nSPS) is 15.0. The second kappa shape index (κ2) is 6.39. The molecule has 1 aromatic carbocycles. The van der Waals surface area contributed by atoms with Gasteiger partial charge in [0.25, 0.3) is 0 Å². The molecule has 108 valence electrons. The molecule has 0 aromatic heterocycles. The molecule has 0 aliphatic heterocycles. The van der Waals surface area contributed by atoms with E-state index in [4.69, 9.17) is 4.74 Å². The summed E-state index contributed by atoms with van der Waals surface area (Å²) >= 11 is 0. The lowest BCUT2D eigenvalue weighted by Crippen LogP contribution is -2.34. The topological polar surface area (TPSA) is 55.4 Å². The molecule has 0 heterocycles. The molecule has 2 atom stereocenters. The van der Waals surface area contributed by atoms with Crippen LogP contribution in [0.1, 0.15) is 31.0 Å². The molecule has 0 bridgehead atoms. The fraction of sp³-hybridized carbons (Fsp3) is 0.571. The lowest BCUT2D eigenvalue weighted by Gasteiger charge is -2.21. The van der Waals surface area contributed by atoms with E-state index in [0.717, 1.165) is 16.9 Å². The van der Waals surface area contributed by atoms with E-state index in [-0.39, 0.29) is 17.8 Å². The highest BCUT2D eigenvalue weighted by molar-refractivity contribution is 7.90. The molecule has 2 unspecified atom stereocenters. The number of nitrogens with one attached hydrogen (secondary N) is 1. The third-order valence-electron chi connectivity index (χ3n) is 2.94. The zero-order valence-corrected chi connectivity index (χ0v) is 13.0.